The molecule has 0 saturated carbocycles. The first-order valence-electron chi connectivity index (χ1n) is 9.46. The summed E-state index contributed by atoms with van der Waals surface area (Å²) in [5.41, 5.74) is 1.43. The third-order valence-corrected chi connectivity index (χ3v) is 4.77. The number of carbonyl (C=O) groups is 1. The van der Waals surface area contributed by atoms with E-state index in [1.165, 1.54) is 41.3 Å². The van der Waals surface area contributed by atoms with E-state index in [2.05, 4.69) is 26.1 Å². The van der Waals surface area contributed by atoms with Crippen molar-refractivity contribution in [3.63, 3.8) is 0 Å². The lowest BCUT2D eigenvalue weighted by atomic mass is 10.0. The van der Waals surface area contributed by atoms with Gasteiger partial charge in [0.15, 0.2) is 11.5 Å². The Morgan fingerprint density at radius 2 is 1.48 bits per heavy atom. The van der Waals surface area contributed by atoms with Crippen molar-refractivity contribution in [1.82, 2.24) is 0 Å². The Hall–Kier alpha value is -2.99. The minimum absolute atomic E-state index is 0.0856. The molecule has 1 atom stereocenters. The third-order valence-electron chi connectivity index (χ3n) is 4.77. The molecule has 1 aromatic heterocycles. The zero-order valence-corrected chi connectivity index (χ0v) is 16.8. The average Bonchev–Trinajstić information content (AvgIpc) is 3.13. The lowest BCUT2D eigenvalue weighted by molar-refractivity contribution is -0.973. The van der Waals surface area contributed by atoms with E-state index in [-0.39, 0.29) is 22.9 Å². The fraction of sp³-hybridized carbons (Fsp3) is 0.261. The van der Waals surface area contributed by atoms with Crippen LogP contribution in [0.15, 0.2) is 65.1 Å². The maximum absolute atomic E-state index is 13.2. The van der Waals surface area contributed by atoms with Gasteiger partial charge < -0.3 is 14.6 Å². The average molecular weight is 399 g/mol. The number of hydrogen-bond donors (Lipinski definition) is 2. The molecule has 0 radical (unpaired) electrons. The molecule has 3 rings (SSSR count). The fourth-order valence-electron chi connectivity index (χ4n) is 2.97. The molecule has 152 valence electrons. The van der Waals surface area contributed by atoms with Gasteiger partial charge in [0.1, 0.15) is 24.7 Å². The number of anilines is 1. The highest BCUT2D eigenvalue weighted by Crippen LogP contribution is 2.13. The van der Waals surface area contributed by atoms with Gasteiger partial charge in [0.25, 0.3) is 5.91 Å². The van der Waals surface area contributed by atoms with E-state index < -0.39 is 5.91 Å². The molecule has 29 heavy (non-hydrogen) atoms. The second-order valence-corrected chi connectivity index (χ2v) is 8.06. The zero-order chi connectivity index (χ0) is 21.0. The summed E-state index contributed by atoms with van der Waals surface area (Å²) in [6.45, 7) is 7.64. The summed E-state index contributed by atoms with van der Waals surface area (Å²) in [7, 11) is 0. The molecule has 4 nitrogen and oxygen atoms in total. The number of furan rings is 1. The molecule has 3 aromatic rings. The van der Waals surface area contributed by atoms with Gasteiger partial charge in [0, 0.05) is 11.3 Å². The molecule has 2 aromatic carbocycles. The lowest BCUT2D eigenvalue weighted by Gasteiger charge is -2.31. The summed E-state index contributed by atoms with van der Waals surface area (Å²) in [5.74, 6) is -0.136. The molecule has 0 bridgehead atoms. The Bertz CT molecular complexity index is 958. The van der Waals surface area contributed by atoms with Crippen LogP contribution in [0, 0.1) is 11.6 Å². The molecule has 0 aliphatic heterocycles. The standard InChI is InChI=1S/C23H24F2N2O2/c1-23(2,3)27(14-16-4-6-17(24)7-5-16)15-20-12-13-21(29-20)22(28)26-19-10-8-18(25)9-11-19/h4-13H,14-15H2,1-3H3,(H,26,28)/p+1. The van der Waals surface area contributed by atoms with Crippen molar-refractivity contribution < 1.29 is 22.9 Å². The summed E-state index contributed by atoms with van der Waals surface area (Å²) < 4.78 is 31.9. The van der Waals surface area contributed by atoms with Crippen molar-refractivity contribution >= 4 is 11.6 Å². The normalized spacial score (nSPS) is 12.6. The minimum Gasteiger partial charge on any atom is -0.450 e. The third kappa shape index (κ3) is 5.74. The molecule has 0 fully saturated rings. The first-order valence-corrected chi connectivity index (χ1v) is 9.46. The topological polar surface area (TPSA) is 46.7 Å². The first-order chi connectivity index (χ1) is 13.7. The summed E-state index contributed by atoms with van der Waals surface area (Å²) in [4.78, 5) is 13.6. The van der Waals surface area contributed by atoms with Gasteiger partial charge in [-0.25, -0.2) is 8.78 Å². The van der Waals surface area contributed by atoms with Crippen LogP contribution in [-0.4, -0.2) is 11.4 Å². The molecular formula is C23H25F2N2O2+. The predicted octanol–water partition coefficient (Wildman–Crippen LogP) is 4.19. The van der Waals surface area contributed by atoms with Crippen LogP contribution in [0.2, 0.25) is 0 Å². The second-order valence-electron chi connectivity index (χ2n) is 8.06. The second kappa shape index (κ2) is 8.57. The van der Waals surface area contributed by atoms with E-state index in [4.69, 9.17) is 4.42 Å². The Morgan fingerprint density at radius 3 is 2.07 bits per heavy atom. The Kier molecular flexibility index (Phi) is 6.13. The van der Waals surface area contributed by atoms with E-state index in [0.717, 1.165) is 5.56 Å². The van der Waals surface area contributed by atoms with E-state index in [0.29, 0.717) is 24.5 Å². The van der Waals surface area contributed by atoms with Gasteiger partial charge in [-0.15, -0.1) is 0 Å². The van der Waals surface area contributed by atoms with Gasteiger partial charge in [-0.3, -0.25) is 4.79 Å². The van der Waals surface area contributed by atoms with Crippen molar-refractivity contribution in [2.24, 2.45) is 0 Å². The monoisotopic (exact) mass is 399 g/mol. The van der Waals surface area contributed by atoms with Crippen LogP contribution in [0.5, 0.6) is 0 Å². The van der Waals surface area contributed by atoms with Gasteiger partial charge in [0.05, 0.1) is 5.54 Å². The highest BCUT2D eigenvalue weighted by molar-refractivity contribution is 6.02. The first kappa shape index (κ1) is 20.7. The maximum atomic E-state index is 13.2. The Labute approximate surface area is 169 Å². The largest absolute Gasteiger partial charge is 0.450 e. The molecule has 1 amide bonds. The summed E-state index contributed by atoms with van der Waals surface area (Å²) in [6.07, 6.45) is 0. The summed E-state index contributed by atoms with van der Waals surface area (Å²) in [6, 6.07) is 15.4. The lowest BCUT2D eigenvalue weighted by Crippen LogP contribution is -3.16. The maximum Gasteiger partial charge on any atom is 0.291 e. The van der Waals surface area contributed by atoms with Crippen molar-refractivity contribution in [2.45, 2.75) is 39.4 Å². The SMILES string of the molecule is CC(C)(C)[NH+](Cc1ccc(F)cc1)Cc1ccc(C(=O)Nc2ccc(F)cc2)o1. The van der Waals surface area contributed by atoms with E-state index in [9.17, 15) is 13.6 Å². The fourth-order valence-corrected chi connectivity index (χ4v) is 2.97. The van der Waals surface area contributed by atoms with Gasteiger partial charge in [0.2, 0.25) is 0 Å². The van der Waals surface area contributed by atoms with Crippen LogP contribution in [0.3, 0.4) is 0 Å². The highest BCUT2D eigenvalue weighted by atomic mass is 19.1. The van der Waals surface area contributed by atoms with Crippen LogP contribution < -0.4 is 10.2 Å². The molecule has 1 heterocycles. The smallest absolute Gasteiger partial charge is 0.291 e. The van der Waals surface area contributed by atoms with Gasteiger partial charge in [-0.1, -0.05) is 12.1 Å². The number of quaternary nitrogens is 1. The molecule has 0 saturated heterocycles. The van der Waals surface area contributed by atoms with E-state index in [1.54, 1.807) is 24.3 Å². The van der Waals surface area contributed by atoms with E-state index in [1.807, 2.05) is 0 Å². The molecule has 0 spiro atoms. The number of hydrogen-bond acceptors (Lipinski definition) is 2. The molecule has 2 N–H and O–H groups in total. The highest BCUT2D eigenvalue weighted by Gasteiger charge is 2.27. The van der Waals surface area contributed by atoms with Gasteiger partial charge >= 0.3 is 0 Å². The van der Waals surface area contributed by atoms with Crippen molar-refractivity contribution in [2.75, 3.05) is 5.32 Å². The number of carbonyl (C=O) groups excluding carboxylic acids is 1. The van der Waals surface area contributed by atoms with Crippen molar-refractivity contribution in [3.05, 3.63) is 89.4 Å². The summed E-state index contributed by atoms with van der Waals surface area (Å²) in [5, 5.41) is 2.69. The Morgan fingerprint density at radius 1 is 0.897 bits per heavy atom. The van der Waals surface area contributed by atoms with Crippen LogP contribution in [0.4, 0.5) is 14.5 Å². The van der Waals surface area contributed by atoms with Crippen LogP contribution >= 0.6 is 0 Å². The predicted molar refractivity (Wildman–Crippen MR) is 108 cm³/mol. The number of benzene rings is 2. The Balaban J connectivity index is 1.69. The van der Waals surface area contributed by atoms with Crippen molar-refractivity contribution in [1.29, 1.82) is 0 Å². The van der Waals surface area contributed by atoms with Crippen LogP contribution in [-0.2, 0) is 13.1 Å². The molecule has 1 unspecified atom stereocenters. The van der Waals surface area contributed by atoms with Crippen LogP contribution in [0.1, 0.15) is 42.6 Å². The molecule has 0 aliphatic carbocycles. The summed E-state index contributed by atoms with van der Waals surface area (Å²) >= 11 is 0. The molecule has 6 heteroatoms. The van der Waals surface area contributed by atoms with E-state index >= 15 is 0 Å². The number of halogens is 2. The van der Waals surface area contributed by atoms with Crippen LogP contribution in [0.25, 0.3) is 0 Å². The number of amides is 1. The minimum atomic E-state index is -0.390. The quantitative estimate of drug-likeness (QED) is 0.653. The zero-order valence-electron chi connectivity index (χ0n) is 16.8. The van der Waals surface area contributed by atoms with Gasteiger partial charge in [-0.2, -0.15) is 0 Å². The number of rotatable bonds is 6. The molecule has 0 aliphatic rings. The van der Waals surface area contributed by atoms with Crippen molar-refractivity contribution in [3.8, 4) is 0 Å². The molecular weight excluding hydrogens is 374 g/mol. The number of nitrogens with one attached hydrogen (secondary N) is 2. The van der Waals surface area contributed by atoms with Gasteiger partial charge in [-0.05, 0) is 69.3 Å².